The van der Waals surface area contributed by atoms with Gasteiger partial charge < -0.3 is 9.97 Å². The molecule has 1 aromatic heterocycles. The van der Waals surface area contributed by atoms with Gasteiger partial charge in [0, 0.05) is 17.0 Å². The zero-order valence-corrected chi connectivity index (χ0v) is 14.8. The molecular weight excluding hydrogens is 290 g/mol. The van der Waals surface area contributed by atoms with E-state index in [1.807, 2.05) is 36.4 Å². The monoisotopic (exact) mass is 313 g/mol. The fourth-order valence-electron chi connectivity index (χ4n) is 1.65. The van der Waals surface area contributed by atoms with Gasteiger partial charge in [-0.2, -0.15) is 0 Å². The van der Waals surface area contributed by atoms with Crippen LogP contribution < -0.4 is 10.8 Å². The number of nitrogens with zero attached hydrogens (tertiary/aromatic N) is 1. The summed E-state index contributed by atoms with van der Waals surface area (Å²) >= 11 is 0. The van der Waals surface area contributed by atoms with Crippen molar-refractivity contribution in [2.75, 3.05) is 5.32 Å². The molecule has 5 heteroatoms. The number of hydrogen-bond donors (Lipinski definition) is 1. The Bertz CT molecular complexity index is 612. The summed E-state index contributed by atoms with van der Waals surface area (Å²) in [6.07, 6.45) is 3.59. The van der Waals surface area contributed by atoms with Gasteiger partial charge in [0.1, 0.15) is 0 Å². The maximum absolute atomic E-state index is 5.97. The minimum atomic E-state index is -0.291. The summed E-state index contributed by atoms with van der Waals surface area (Å²) < 4.78 is 5.97. The molecule has 1 unspecified atom stereocenters. The first-order valence-corrected chi connectivity index (χ1v) is 7.93. The molecule has 2 aromatic rings. The molecule has 1 atom stereocenters. The topological polar surface area (TPSA) is 34.1 Å². The van der Waals surface area contributed by atoms with E-state index in [1.54, 1.807) is 19.9 Å². The van der Waals surface area contributed by atoms with Crippen LogP contribution in [0.25, 0.3) is 0 Å². The van der Waals surface area contributed by atoms with E-state index < -0.39 is 0 Å². The van der Waals surface area contributed by atoms with Crippen LogP contribution >= 0.6 is 9.24 Å². The van der Waals surface area contributed by atoms with Gasteiger partial charge in [0.2, 0.25) is 0 Å². The molecule has 1 heterocycles. The Morgan fingerprint density at radius 3 is 2.36 bits per heavy atom. The Hall–Kier alpha value is -1.38. The number of rotatable bonds is 6. The highest BCUT2D eigenvalue weighted by Gasteiger charge is 2.33. The Kier molecular flexibility index (Phi) is 5.26. The fourth-order valence-corrected chi connectivity index (χ4v) is 1.71. The highest BCUT2D eigenvalue weighted by Crippen LogP contribution is 2.33. The second kappa shape index (κ2) is 6.81. The zero-order valence-electron chi connectivity index (χ0n) is 13.6. The van der Waals surface area contributed by atoms with Crippen molar-refractivity contribution in [1.82, 2.24) is 4.98 Å². The van der Waals surface area contributed by atoms with Crippen LogP contribution in [0.4, 0.5) is 11.4 Å². The van der Waals surface area contributed by atoms with Crippen molar-refractivity contribution in [2.24, 2.45) is 0 Å². The van der Waals surface area contributed by atoms with Gasteiger partial charge in [-0.25, -0.2) is 0 Å². The molecule has 3 nitrogen and oxygen atoms in total. The van der Waals surface area contributed by atoms with Crippen LogP contribution in [0, 0.1) is 0 Å². The molecule has 0 fully saturated rings. The predicted molar refractivity (Wildman–Crippen MR) is 98.3 cm³/mol. The first-order valence-electron chi connectivity index (χ1n) is 7.35. The summed E-state index contributed by atoms with van der Waals surface area (Å²) in [6.45, 7) is 8.43. The van der Waals surface area contributed by atoms with Gasteiger partial charge >= 0.3 is 7.48 Å². The SMILES string of the molecule is CC(C)(P)C(C)(C)O[B]c1cncc(Nc2ccccc2)c1. The largest absolute Gasteiger partial charge is 0.429 e. The van der Waals surface area contributed by atoms with Gasteiger partial charge in [0.25, 0.3) is 0 Å². The van der Waals surface area contributed by atoms with Crippen LogP contribution in [0.3, 0.4) is 0 Å². The molecule has 0 saturated carbocycles. The smallest absolute Gasteiger partial charge is 0.332 e. The second-order valence-electron chi connectivity index (χ2n) is 6.47. The van der Waals surface area contributed by atoms with E-state index in [0.29, 0.717) is 0 Å². The lowest BCUT2D eigenvalue weighted by atomic mass is 9.85. The fraction of sp³-hybridized carbons (Fsp3) is 0.353. The number of anilines is 2. The van der Waals surface area contributed by atoms with Gasteiger partial charge in [-0.1, -0.05) is 32.0 Å². The minimum Gasteiger partial charge on any atom is -0.429 e. The average Bonchev–Trinajstić information content (AvgIpc) is 2.46. The van der Waals surface area contributed by atoms with Gasteiger partial charge in [-0.15, -0.1) is 9.24 Å². The molecular formula is C17H23BN2OP. The first-order chi connectivity index (χ1) is 10.3. The van der Waals surface area contributed by atoms with E-state index in [-0.39, 0.29) is 10.8 Å². The van der Waals surface area contributed by atoms with Crippen LogP contribution in [0.5, 0.6) is 0 Å². The standard InChI is InChI=1S/C17H23BN2OP/c1-16(2,17(3,4)22)21-18-13-10-15(12-19-11-13)20-14-8-6-5-7-9-14/h5-12,20H,22H2,1-4H3. The van der Waals surface area contributed by atoms with E-state index in [4.69, 9.17) is 4.65 Å². The number of benzene rings is 1. The molecule has 0 aliphatic carbocycles. The Balaban J connectivity index is 2.03. The van der Waals surface area contributed by atoms with Crippen LogP contribution in [-0.2, 0) is 4.65 Å². The van der Waals surface area contributed by atoms with E-state index in [1.165, 1.54) is 0 Å². The summed E-state index contributed by atoms with van der Waals surface area (Å²) in [4.78, 5) is 4.26. The van der Waals surface area contributed by atoms with Gasteiger partial charge in [0.15, 0.2) is 0 Å². The third kappa shape index (κ3) is 4.56. The van der Waals surface area contributed by atoms with Crippen molar-refractivity contribution >= 4 is 33.6 Å². The quantitative estimate of drug-likeness (QED) is 0.654. The molecule has 1 N–H and O–H groups in total. The number of para-hydroxylation sites is 1. The number of pyridine rings is 1. The van der Waals surface area contributed by atoms with Crippen LogP contribution in [0.2, 0.25) is 0 Å². The van der Waals surface area contributed by atoms with Gasteiger partial charge in [0.05, 0.1) is 17.5 Å². The van der Waals surface area contributed by atoms with E-state index in [9.17, 15) is 0 Å². The molecule has 0 aliphatic heterocycles. The highest BCUT2D eigenvalue weighted by molar-refractivity contribution is 7.19. The average molecular weight is 313 g/mol. The highest BCUT2D eigenvalue weighted by atomic mass is 31.0. The third-order valence-corrected chi connectivity index (χ3v) is 4.56. The normalized spacial score (nSPS) is 12.0. The second-order valence-corrected chi connectivity index (χ2v) is 7.91. The molecule has 22 heavy (non-hydrogen) atoms. The van der Waals surface area contributed by atoms with Crippen molar-refractivity contribution in [3.8, 4) is 0 Å². The van der Waals surface area contributed by atoms with Crippen molar-refractivity contribution in [1.29, 1.82) is 0 Å². The Labute approximate surface area is 136 Å². The van der Waals surface area contributed by atoms with E-state index in [0.717, 1.165) is 16.8 Å². The maximum Gasteiger partial charge on any atom is 0.332 e. The van der Waals surface area contributed by atoms with Crippen molar-refractivity contribution in [3.05, 3.63) is 48.8 Å². The summed E-state index contributed by atoms with van der Waals surface area (Å²) in [5.41, 5.74) is 2.61. The summed E-state index contributed by atoms with van der Waals surface area (Å²) in [7, 11) is 4.61. The first kappa shape index (κ1) is 17.0. The number of hydrogen-bond acceptors (Lipinski definition) is 3. The molecule has 0 amide bonds. The molecule has 2 rings (SSSR count). The van der Waals surface area contributed by atoms with Crippen molar-refractivity contribution in [3.63, 3.8) is 0 Å². The summed E-state index contributed by atoms with van der Waals surface area (Å²) in [6, 6.07) is 12.1. The van der Waals surface area contributed by atoms with Crippen LogP contribution in [-0.4, -0.2) is 23.2 Å². The predicted octanol–water partition coefficient (Wildman–Crippen LogP) is 3.52. The van der Waals surface area contributed by atoms with Gasteiger partial charge in [-0.05, 0) is 37.5 Å². The van der Waals surface area contributed by atoms with Crippen LogP contribution in [0.15, 0.2) is 48.8 Å². The molecule has 0 spiro atoms. The molecule has 1 radical (unpaired) electrons. The van der Waals surface area contributed by atoms with Crippen LogP contribution in [0.1, 0.15) is 27.7 Å². The molecule has 1 aromatic carbocycles. The van der Waals surface area contributed by atoms with E-state index in [2.05, 4.69) is 47.2 Å². The summed E-state index contributed by atoms with van der Waals surface area (Å²) in [5, 5.41) is 3.30. The maximum atomic E-state index is 5.97. The summed E-state index contributed by atoms with van der Waals surface area (Å²) in [5.74, 6) is 0. The Morgan fingerprint density at radius 2 is 1.73 bits per heavy atom. The van der Waals surface area contributed by atoms with Crippen molar-refractivity contribution < 1.29 is 4.65 Å². The lowest BCUT2D eigenvalue weighted by Crippen LogP contribution is -2.45. The number of nitrogens with one attached hydrogen (secondary N) is 1. The molecule has 115 valence electrons. The van der Waals surface area contributed by atoms with Crippen molar-refractivity contribution in [2.45, 2.75) is 38.5 Å². The van der Waals surface area contributed by atoms with E-state index >= 15 is 0 Å². The minimum absolute atomic E-state index is 0.0309. The van der Waals surface area contributed by atoms with Gasteiger partial charge in [-0.3, -0.25) is 4.98 Å². The molecule has 0 bridgehead atoms. The Morgan fingerprint density at radius 1 is 1.05 bits per heavy atom. The zero-order chi connectivity index (χ0) is 16.2. The third-order valence-electron chi connectivity index (χ3n) is 3.86. The number of aromatic nitrogens is 1. The lowest BCUT2D eigenvalue weighted by molar-refractivity contribution is 0.0841. The lowest BCUT2D eigenvalue weighted by Gasteiger charge is -2.39. The molecule has 0 aliphatic rings. The molecule has 0 saturated heterocycles.